The van der Waals surface area contributed by atoms with Crippen LogP contribution in [0.15, 0.2) is 199 Å². The second kappa shape index (κ2) is 18.0. The van der Waals surface area contributed by atoms with E-state index in [1.807, 2.05) is 12.1 Å². The van der Waals surface area contributed by atoms with Crippen LogP contribution < -0.4 is 31.1 Å². The Morgan fingerprint density at radius 3 is 1.39 bits per heavy atom. The number of furan rings is 1. The normalized spacial score (nSPS) is 14.4. The fourth-order valence-electron chi connectivity index (χ4n) is 13.0. The summed E-state index contributed by atoms with van der Waals surface area (Å²) in [5.41, 5.74) is 26.3. The van der Waals surface area contributed by atoms with Gasteiger partial charge in [-0.3, -0.25) is 0 Å². The molecule has 3 heterocycles. The van der Waals surface area contributed by atoms with Gasteiger partial charge in [0.2, 0.25) is 0 Å². The van der Waals surface area contributed by atoms with Gasteiger partial charge in [0.25, 0.3) is 6.71 Å². The zero-order chi connectivity index (χ0) is 56.0. The van der Waals surface area contributed by atoms with Crippen LogP contribution in [0.5, 0.6) is 0 Å². The SMILES string of the molecule is CC(C)(C)c1ccc(N2c3ccc(C(C)(C)C)cc3B3c4cc(C(C)(C)C)ccc4N(c4ccc(C(C)(C)C)cc4)c4cc(N(c5ccccc5)c5ccc6c(c5)C(C)(C)c5cc(-c7cc8ccccc8o7)ccc5-6)cc2c43)cc1. The molecule has 0 N–H and O–H groups in total. The van der Waals surface area contributed by atoms with Gasteiger partial charge in [0.15, 0.2) is 0 Å². The first-order valence-electron chi connectivity index (χ1n) is 28.9. The van der Waals surface area contributed by atoms with Gasteiger partial charge in [0, 0.05) is 61.9 Å². The van der Waals surface area contributed by atoms with Crippen LogP contribution in [0, 0.1) is 0 Å². The Bertz CT molecular complexity index is 3900. The summed E-state index contributed by atoms with van der Waals surface area (Å²) in [6.45, 7) is 32.6. The molecule has 0 saturated heterocycles. The van der Waals surface area contributed by atoms with Crippen molar-refractivity contribution in [3.05, 3.63) is 228 Å². The van der Waals surface area contributed by atoms with E-state index < -0.39 is 0 Å². The lowest BCUT2D eigenvalue weighted by molar-refractivity contribution is 0.590. The molecule has 0 saturated carbocycles. The van der Waals surface area contributed by atoms with Crippen molar-refractivity contribution in [2.75, 3.05) is 14.7 Å². The molecule has 5 heteroatoms. The number of hydrogen-bond donors (Lipinski definition) is 0. The van der Waals surface area contributed by atoms with E-state index in [0.717, 1.165) is 50.7 Å². The van der Waals surface area contributed by atoms with Gasteiger partial charge in [-0.1, -0.05) is 200 Å². The van der Waals surface area contributed by atoms with E-state index in [1.54, 1.807) is 0 Å². The van der Waals surface area contributed by atoms with Gasteiger partial charge < -0.3 is 19.1 Å². The molecule has 4 nitrogen and oxygen atoms in total. The minimum Gasteiger partial charge on any atom is -0.456 e. The highest BCUT2D eigenvalue weighted by Gasteiger charge is 2.45. The van der Waals surface area contributed by atoms with E-state index in [2.05, 4.69) is 294 Å². The van der Waals surface area contributed by atoms with E-state index in [1.165, 1.54) is 83.6 Å². The Morgan fingerprint density at radius 1 is 0.400 bits per heavy atom. The maximum Gasteiger partial charge on any atom is 0.252 e. The van der Waals surface area contributed by atoms with Gasteiger partial charge in [-0.15, -0.1) is 0 Å². The van der Waals surface area contributed by atoms with Crippen molar-refractivity contribution in [2.24, 2.45) is 0 Å². The topological polar surface area (TPSA) is 22.9 Å². The van der Waals surface area contributed by atoms with Gasteiger partial charge in [0.05, 0.1) is 5.69 Å². The molecule has 13 rings (SSSR count). The standard InChI is InChI=1S/C75H74BN3O/c1-71(2,3)49-25-31-54(32-26-49)78-64-38-29-51(73(7,8)9)42-62(64)76-63-43-52(74(10,11)12)30-39-65(63)79(55-33-27-50(28-34-55)72(4,5)6)67-46-57(45-66(78)70(67)76)77(53-21-16-15-17-22-53)56-35-37-59-58-36-24-48(40-60(58)75(13,14)61(59)44-56)69-41-47-20-18-19-23-68(47)80-69/h15-46H,1-14H3. The molecule has 3 aliphatic rings. The zero-order valence-electron chi connectivity index (χ0n) is 49.3. The molecule has 0 radical (unpaired) electrons. The summed E-state index contributed by atoms with van der Waals surface area (Å²) < 4.78 is 6.45. The summed E-state index contributed by atoms with van der Waals surface area (Å²) in [7, 11) is 0. The summed E-state index contributed by atoms with van der Waals surface area (Å²) in [4.78, 5) is 7.67. The second-order valence-corrected chi connectivity index (χ2v) is 27.6. The van der Waals surface area contributed by atoms with Gasteiger partial charge in [-0.05, 0) is 174 Å². The van der Waals surface area contributed by atoms with Crippen molar-refractivity contribution in [1.82, 2.24) is 0 Å². The van der Waals surface area contributed by atoms with Crippen molar-refractivity contribution >= 4 is 85.3 Å². The van der Waals surface area contributed by atoms with Crippen LogP contribution in [-0.2, 0) is 27.1 Å². The van der Waals surface area contributed by atoms with Crippen molar-refractivity contribution in [1.29, 1.82) is 0 Å². The molecule has 0 unspecified atom stereocenters. The molecular formula is C75H74BN3O. The third-order valence-electron chi connectivity index (χ3n) is 17.7. The predicted molar refractivity (Wildman–Crippen MR) is 343 cm³/mol. The Labute approximate surface area is 475 Å². The molecule has 1 aromatic heterocycles. The van der Waals surface area contributed by atoms with Crippen LogP contribution >= 0.6 is 0 Å². The third kappa shape index (κ3) is 8.41. The van der Waals surface area contributed by atoms with Crippen molar-refractivity contribution in [3.8, 4) is 22.5 Å². The van der Waals surface area contributed by atoms with E-state index in [-0.39, 0.29) is 33.8 Å². The molecule has 0 atom stereocenters. The summed E-state index contributed by atoms with van der Waals surface area (Å²) in [5.74, 6) is 0.892. The molecule has 0 spiro atoms. The van der Waals surface area contributed by atoms with Crippen LogP contribution in [0.3, 0.4) is 0 Å². The van der Waals surface area contributed by atoms with E-state index >= 15 is 0 Å². The number of nitrogens with zero attached hydrogens (tertiary/aromatic N) is 3. The third-order valence-corrected chi connectivity index (χ3v) is 17.7. The van der Waals surface area contributed by atoms with Gasteiger partial charge in [-0.25, -0.2) is 0 Å². The Kier molecular flexibility index (Phi) is 11.6. The lowest BCUT2D eigenvalue weighted by Crippen LogP contribution is -2.61. The van der Waals surface area contributed by atoms with Crippen molar-refractivity contribution in [2.45, 2.75) is 124 Å². The first kappa shape index (κ1) is 51.4. The first-order chi connectivity index (χ1) is 37.9. The molecule has 2 aliphatic heterocycles. The highest BCUT2D eigenvalue weighted by Crippen LogP contribution is 2.54. The molecule has 80 heavy (non-hydrogen) atoms. The summed E-state index contributed by atoms with van der Waals surface area (Å²) >= 11 is 0. The largest absolute Gasteiger partial charge is 0.456 e. The van der Waals surface area contributed by atoms with Crippen molar-refractivity contribution in [3.63, 3.8) is 0 Å². The Hall–Kier alpha value is -8.02. The average Bonchev–Trinajstić information content (AvgIpc) is 3.89. The minimum atomic E-state index is -0.294. The molecular weight excluding hydrogens is 970 g/mol. The van der Waals surface area contributed by atoms with Crippen LogP contribution in [0.4, 0.5) is 51.2 Å². The molecule has 10 aromatic rings. The number of anilines is 9. The average molecular weight is 1040 g/mol. The van der Waals surface area contributed by atoms with Crippen LogP contribution in [0.25, 0.3) is 33.4 Å². The molecule has 398 valence electrons. The Balaban J connectivity index is 1.08. The molecule has 0 bridgehead atoms. The Morgan fingerprint density at radius 2 is 0.875 bits per heavy atom. The van der Waals surface area contributed by atoms with E-state index in [4.69, 9.17) is 4.42 Å². The number of rotatable bonds is 6. The van der Waals surface area contributed by atoms with Gasteiger partial charge in [-0.2, -0.15) is 0 Å². The molecule has 0 fully saturated rings. The first-order valence-corrected chi connectivity index (χ1v) is 28.9. The fourth-order valence-corrected chi connectivity index (χ4v) is 13.0. The van der Waals surface area contributed by atoms with Crippen LogP contribution in [0.1, 0.15) is 130 Å². The van der Waals surface area contributed by atoms with Crippen molar-refractivity contribution < 1.29 is 4.42 Å². The number of para-hydroxylation sites is 2. The number of fused-ring (bicyclic) bond motifs is 8. The maximum atomic E-state index is 6.45. The molecule has 1 aliphatic carbocycles. The van der Waals surface area contributed by atoms with E-state index in [0.29, 0.717) is 0 Å². The van der Waals surface area contributed by atoms with E-state index in [9.17, 15) is 0 Å². The highest BCUT2D eigenvalue weighted by atomic mass is 16.3. The summed E-state index contributed by atoms with van der Waals surface area (Å²) in [6.07, 6.45) is 0. The van der Waals surface area contributed by atoms with Gasteiger partial charge >= 0.3 is 0 Å². The lowest BCUT2D eigenvalue weighted by Gasteiger charge is -2.45. The molecule has 0 amide bonds. The van der Waals surface area contributed by atoms with Crippen LogP contribution in [-0.4, -0.2) is 6.71 Å². The number of hydrogen-bond acceptors (Lipinski definition) is 4. The summed E-state index contributed by atoms with van der Waals surface area (Å²) in [6, 6.07) is 74.0. The maximum absolute atomic E-state index is 6.45. The van der Waals surface area contributed by atoms with Crippen LogP contribution in [0.2, 0.25) is 0 Å². The summed E-state index contributed by atoms with van der Waals surface area (Å²) in [5, 5.41) is 1.11. The fraction of sp³-hybridized carbons (Fsp3) is 0.253. The lowest BCUT2D eigenvalue weighted by atomic mass is 9.33. The zero-order valence-corrected chi connectivity index (χ0v) is 49.3. The number of benzene rings is 9. The second-order valence-electron chi connectivity index (χ2n) is 27.6. The predicted octanol–water partition coefficient (Wildman–Crippen LogP) is 19.1. The molecule has 9 aromatic carbocycles. The van der Waals surface area contributed by atoms with Gasteiger partial charge in [0.1, 0.15) is 11.3 Å². The minimum absolute atomic E-state index is 0.000447. The smallest absolute Gasteiger partial charge is 0.252 e. The quantitative estimate of drug-likeness (QED) is 0.155. The monoisotopic (exact) mass is 1040 g/mol. The highest BCUT2D eigenvalue weighted by molar-refractivity contribution is 7.00.